The molecule has 1 nitrogen and oxygen atoms in total. The number of likely N-dealkylation sites (N-methyl/N-ethyl adjacent to an activating group) is 1. The lowest BCUT2D eigenvalue weighted by molar-refractivity contribution is -0.898. The summed E-state index contributed by atoms with van der Waals surface area (Å²) in [5.74, 6) is 0.860. The zero-order valence-electron chi connectivity index (χ0n) is 9.09. The molecular weight excluding hydrogens is 146 g/mol. The Bertz CT molecular complexity index is 205. The minimum absolute atomic E-state index is 0.623. The second-order valence-corrected chi connectivity index (χ2v) is 5.75. The molecule has 4 atom stereocenters. The Morgan fingerprint density at radius 1 is 1.50 bits per heavy atom. The smallest absolute Gasteiger partial charge is 0.148 e. The number of hydrogen-bond donors (Lipinski definition) is 0. The first-order valence-corrected chi connectivity index (χ1v) is 5.28. The van der Waals surface area contributed by atoms with Crippen LogP contribution in [0.15, 0.2) is 0 Å². The van der Waals surface area contributed by atoms with Crippen molar-refractivity contribution >= 4 is 0 Å². The summed E-state index contributed by atoms with van der Waals surface area (Å²) in [7, 11) is 2.45. The van der Waals surface area contributed by atoms with E-state index in [1.165, 1.54) is 17.3 Å². The van der Waals surface area contributed by atoms with Crippen molar-refractivity contribution < 1.29 is 4.48 Å². The second-order valence-electron chi connectivity index (χ2n) is 5.75. The highest BCUT2D eigenvalue weighted by Crippen LogP contribution is 2.62. The molecule has 0 aromatic carbocycles. The first-order valence-electron chi connectivity index (χ1n) is 5.28. The maximum atomic E-state index is 2.48. The van der Waals surface area contributed by atoms with Crippen molar-refractivity contribution in [3.8, 4) is 0 Å². The van der Waals surface area contributed by atoms with Gasteiger partial charge in [0.15, 0.2) is 0 Å². The van der Waals surface area contributed by atoms with E-state index in [1.807, 2.05) is 0 Å². The molecule has 2 aliphatic rings. The molecule has 0 N–H and O–H groups in total. The summed E-state index contributed by atoms with van der Waals surface area (Å²) in [6.07, 6.45) is 2.88. The van der Waals surface area contributed by atoms with Crippen molar-refractivity contribution in [3.63, 3.8) is 0 Å². The van der Waals surface area contributed by atoms with E-state index in [-0.39, 0.29) is 0 Å². The molecule has 0 bridgehead atoms. The molecule has 1 heteroatoms. The van der Waals surface area contributed by atoms with Crippen LogP contribution >= 0.6 is 0 Å². The van der Waals surface area contributed by atoms with E-state index < -0.39 is 0 Å². The number of nitrogens with zero attached hydrogens (tertiary/aromatic N) is 1. The van der Waals surface area contributed by atoms with Gasteiger partial charge < -0.3 is 4.48 Å². The van der Waals surface area contributed by atoms with Gasteiger partial charge in [0.25, 0.3) is 0 Å². The summed E-state index contributed by atoms with van der Waals surface area (Å²) in [6.45, 7) is 9.58. The van der Waals surface area contributed by atoms with Gasteiger partial charge in [-0.15, -0.1) is 0 Å². The second kappa shape index (κ2) is 2.06. The van der Waals surface area contributed by atoms with Crippen molar-refractivity contribution in [1.29, 1.82) is 0 Å². The summed E-state index contributed by atoms with van der Waals surface area (Å²) in [5.41, 5.74) is 0.623. The van der Waals surface area contributed by atoms with Crippen LogP contribution in [0.5, 0.6) is 0 Å². The monoisotopic (exact) mass is 168 g/mol. The lowest BCUT2D eigenvalue weighted by atomic mass is 9.80. The largest absolute Gasteiger partial charge is 0.307 e. The first kappa shape index (κ1) is 8.55. The molecule has 0 saturated carbocycles. The van der Waals surface area contributed by atoms with E-state index in [4.69, 9.17) is 0 Å². The standard InChI is InChI=1S/C11H22N/c1-8(2)6-11(4)7-10-9(3)12(10,11)5/h8-10H,6-7H2,1-5H3/q+1. The van der Waals surface area contributed by atoms with Gasteiger partial charge in [-0.2, -0.15) is 0 Å². The fraction of sp³-hybridized carbons (Fsp3) is 1.00. The van der Waals surface area contributed by atoms with E-state index in [1.54, 1.807) is 0 Å². The van der Waals surface area contributed by atoms with Crippen LogP contribution in [-0.2, 0) is 0 Å². The Morgan fingerprint density at radius 3 is 2.33 bits per heavy atom. The van der Waals surface area contributed by atoms with Gasteiger partial charge in [-0.05, 0) is 19.8 Å². The summed E-state index contributed by atoms with van der Waals surface area (Å²) in [5, 5.41) is 0. The van der Waals surface area contributed by atoms with Crippen molar-refractivity contribution in [2.75, 3.05) is 7.05 Å². The van der Waals surface area contributed by atoms with Gasteiger partial charge in [-0.3, -0.25) is 0 Å². The van der Waals surface area contributed by atoms with Crippen LogP contribution in [0, 0.1) is 5.92 Å². The Hall–Kier alpha value is -0.0400. The summed E-state index contributed by atoms with van der Waals surface area (Å²) in [6, 6.07) is 1.97. The fourth-order valence-electron chi connectivity index (χ4n) is 3.68. The molecule has 70 valence electrons. The highest BCUT2D eigenvalue weighted by Gasteiger charge is 2.79. The van der Waals surface area contributed by atoms with Crippen LogP contribution in [0.4, 0.5) is 0 Å². The minimum Gasteiger partial charge on any atom is -0.307 e. The van der Waals surface area contributed by atoms with E-state index in [0.717, 1.165) is 18.0 Å². The molecule has 2 rings (SSSR count). The average molecular weight is 168 g/mol. The number of rotatable bonds is 2. The fourth-order valence-corrected chi connectivity index (χ4v) is 3.68. The van der Waals surface area contributed by atoms with Crippen molar-refractivity contribution in [2.45, 2.75) is 58.2 Å². The van der Waals surface area contributed by atoms with Crippen molar-refractivity contribution in [3.05, 3.63) is 0 Å². The van der Waals surface area contributed by atoms with Gasteiger partial charge in [-0.25, -0.2) is 0 Å². The summed E-state index contributed by atoms with van der Waals surface area (Å²) >= 11 is 0. The zero-order chi connectivity index (χ0) is 9.15. The van der Waals surface area contributed by atoms with Gasteiger partial charge in [0, 0.05) is 6.42 Å². The van der Waals surface area contributed by atoms with Gasteiger partial charge >= 0.3 is 0 Å². The molecule has 0 amide bonds. The van der Waals surface area contributed by atoms with Gasteiger partial charge in [0.05, 0.1) is 13.5 Å². The maximum Gasteiger partial charge on any atom is 0.148 e. The zero-order valence-corrected chi connectivity index (χ0v) is 9.09. The van der Waals surface area contributed by atoms with Crippen LogP contribution in [0.1, 0.15) is 40.5 Å². The molecular formula is C11H22N+. The molecule has 2 fully saturated rings. The number of fused-ring (bicyclic) bond motifs is 1. The number of hydrogen-bond acceptors (Lipinski definition) is 0. The molecule has 0 spiro atoms. The highest BCUT2D eigenvalue weighted by atomic mass is 15.6. The quantitative estimate of drug-likeness (QED) is 0.439. The topological polar surface area (TPSA) is 0 Å². The van der Waals surface area contributed by atoms with Gasteiger partial charge in [0.1, 0.15) is 17.6 Å². The molecule has 0 aromatic heterocycles. The van der Waals surface area contributed by atoms with E-state index in [9.17, 15) is 0 Å². The minimum atomic E-state index is 0.623. The maximum absolute atomic E-state index is 2.48. The average Bonchev–Trinajstić information content (AvgIpc) is 2.36. The molecule has 0 aromatic rings. The lowest BCUT2D eigenvalue weighted by Crippen LogP contribution is -2.58. The Labute approximate surface area is 76.3 Å². The molecule has 12 heavy (non-hydrogen) atoms. The van der Waals surface area contributed by atoms with Crippen molar-refractivity contribution in [1.82, 2.24) is 0 Å². The van der Waals surface area contributed by atoms with E-state index in [2.05, 4.69) is 34.7 Å². The predicted octanol–water partition coefficient (Wildman–Crippen LogP) is 2.41. The predicted molar refractivity (Wildman–Crippen MR) is 51.9 cm³/mol. The van der Waals surface area contributed by atoms with E-state index in [0.29, 0.717) is 5.54 Å². The molecule has 2 aliphatic heterocycles. The van der Waals surface area contributed by atoms with E-state index >= 15 is 0 Å². The van der Waals surface area contributed by atoms with Crippen LogP contribution in [0.3, 0.4) is 0 Å². The van der Waals surface area contributed by atoms with Crippen LogP contribution in [-0.4, -0.2) is 29.2 Å². The van der Waals surface area contributed by atoms with Crippen LogP contribution in [0.25, 0.3) is 0 Å². The third kappa shape index (κ3) is 0.736. The van der Waals surface area contributed by atoms with Crippen LogP contribution < -0.4 is 0 Å². The third-order valence-corrected chi connectivity index (χ3v) is 4.66. The third-order valence-electron chi connectivity index (χ3n) is 4.66. The van der Waals surface area contributed by atoms with Gasteiger partial charge in [-0.1, -0.05) is 13.8 Å². The Kier molecular flexibility index (Phi) is 1.47. The molecule has 0 aliphatic carbocycles. The first-order chi connectivity index (χ1) is 5.42. The highest BCUT2D eigenvalue weighted by molar-refractivity contribution is 5.06. The Morgan fingerprint density at radius 2 is 2.08 bits per heavy atom. The molecule has 4 unspecified atom stereocenters. The number of quaternary nitrogens is 1. The Balaban J connectivity index is 2.06. The van der Waals surface area contributed by atoms with Gasteiger partial charge in [0.2, 0.25) is 0 Å². The summed E-state index contributed by atoms with van der Waals surface area (Å²) < 4.78 is 1.38. The molecule has 2 heterocycles. The summed E-state index contributed by atoms with van der Waals surface area (Å²) in [4.78, 5) is 0. The SMILES string of the molecule is CC(C)CC1(C)CC2C(C)[N+]21C. The normalized spacial score (nSPS) is 56.5. The van der Waals surface area contributed by atoms with Crippen LogP contribution in [0.2, 0.25) is 0 Å². The molecule has 2 saturated heterocycles. The van der Waals surface area contributed by atoms with Crippen molar-refractivity contribution in [2.24, 2.45) is 5.92 Å². The molecule has 0 radical (unpaired) electrons. The lowest BCUT2D eigenvalue weighted by Gasteiger charge is -2.46.